The smallest absolute Gasteiger partial charge is 0.203 e. The molecule has 0 atom stereocenters. The van der Waals surface area contributed by atoms with Gasteiger partial charge in [0.25, 0.3) is 0 Å². The third kappa shape index (κ3) is 5.52. The predicted molar refractivity (Wildman–Crippen MR) is 146 cm³/mol. The Kier molecular flexibility index (Phi) is 7.94. The first kappa shape index (κ1) is 26.0. The van der Waals surface area contributed by atoms with Crippen LogP contribution < -0.4 is 0 Å². The summed E-state index contributed by atoms with van der Waals surface area (Å²) in [6.07, 6.45) is -0.917. The number of sulfone groups is 2. The average Bonchev–Trinajstić information content (AvgIpc) is 2.94. The van der Waals surface area contributed by atoms with E-state index in [1.54, 1.807) is 60.7 Å². The van der Waals surface area contributed by atoms with Gasteiger partial charge in [-0.3, -0.25) is 0 Å². The summed E-state index contributed by atoms with van der Waals surface area (Å²) in [6.45, 7) is 0. The Balaban J connectivity index is 1.95. The van der Waals surface area contributed by atoms with Crippen molar-refractivity contribution in [3.8, 4) is 23.7 Å². The normalized spacial score (nSPS) is 11.5. The van der Waals surface area contributed by atoms with E-state index in [1.807, 2.05) is 36.4 Å². The van der Waals surface area contributed by atoms with Crippen LogP contribution in [0.2, 0.25) is 0 Å². The number of hydrogen-bond donors (Lipinski definition) is 0. The second-order valence-electron chi connectivity index (χ2n) is 8.23. The summed E-state index contributed by atoms with van der Waals surface area (Å²) in [5.74, 6) is 11.6. The third-order valence-electron chi connectivity index (χ3n) is 5.81. The van der Waals surface area contributed by atoms with Crippen LogP contribution in [0, 0.1) is 23.7 Å². The summed E-state index contributed by atoms with van der Waals surface area (Å²) in [5, 5.41) is 0. The van der Waals surface area contributed by atoms with Crippen molar-refractivity contribution < 1.29 is 16.8 Å². The molecule has 0 aliphatic heterocycles. The van der Waals surface area contributed by atoms with Crippen LogP contribution in [0.5, 0.6) is 0 Å². The Morgan fingerprint density at radius 3 is 1.08 bits per heavy atom. The van der Waals surface area contributed by atoms with Crippen LogP contribution in [-0.4, -0.2) is 20.9 Å². The lowest BCUT2D eigenvalue weighted by atomic mass is 10.1. The molecule has 0 bridgehead atoms. The molecule has 0 unspecified atom stereocenters. The maximum absolute atomic E-state index is 14.2. The second kappa shape index (κ2) is 11.3. The molecule has 4 aromatic rings. The number of hydrogen-bond acceptors (Lipinski definition) is 4. The minimum absolute atomic E-state index is 0.0995. The molecule has 0 saturated heterocycles. The highest BCUT2D eigenvalue weighted by molar-refractivity contribution is 8.10. The van der Waals surface area contributed by atoms with E-state index in [4.69, 9.17) is 0 Å². The molecule has 0 N–H and O–H groups in total. The lowest BCUT2D eigenvalue weighted by Crippen LogP contribution is -2.46. The number of benzene rings is 4. The van der Waals surface area contributed by atoms with Gasteiger partial charge < -0.3 is 0 Å². The van der Waals surface area contributed by atoms with Gasteiger partial charge >= 0.3 is 0 Å². The van der Waals surface area contributed by atoms with Crippen molar-refractivity contribution >= 4 is 19.7 Å². The van der Waals surface area contributed by atoms with Gasteiger partial charge in [0.15, 0.2) is 0 Å². The minimum Gasteiger partial charge on any atom is -0.222 e. The molecule has 37 heavy (non-hydrogen) atoms. The van der Waals surface area contributed by atoms with E-state index < -0.39 is 36.6 Å². The summed E-state index contributed by atoms with van der Waals surface area (Å²) in [7, 11) is -8.94. The molecule has 0 saturated carbocycles. The highest BCUT2D eigenvalue weighted by Crippen LogP contribution is 2.41. The first-order valence-corrected chi connectivity index (χ1v) is 14.5. The molecule has 0 aliphatic rings. The summed E-state index contributed by atoms with van der Waals surface area (Å²) >= 11 is 0. The van der Waals surface area contributed by atoms with Crippen molar-refractivity contribution in [2.75, 3.05) is 0 Å². The number of rotatable bonds is 6. The molecule has 0 aromatic heterocycles. The van der Waals surface area contributed by atoms with Crippen molar-refractivity contribution in [2.24, 2.45) is 0 Å². The van der Waals surface area contributed by atoms with E-state index in [1.165, 1.54) is 24.3 Å². The first-order valence-electron chi connectivity index (χ1n) is 11.5. The van der Waals surface area contributed by atoms with Gasteiger partial charge in [-0.05, 0) is 48.5 Å². The summed E-state index contributed by atoms with van der Waals surface area (Å²) in [6, 6.07) is 33.3. The molecule has 4 rings (SSSR count). The highest BCUT2D eigenvalue weighted by atomic mass is 32.3. The Morgan fingerprint density at radius 1 is 0.459 bits per heavy atom. The van der Waals surface area contributed by atoms with Gasteiger partial charge in [-0.15, -0.1) is 0 Å². The molecule has 0 heterocycles. The van der Waals surface area contributed by atoms with Gasteiger partial charge in [-0.25, -0.2) is 16.8 Å². The van der Waals surface area contributed by atoms with Crippen molar-refractivity contribution in [2.45, 2.75) is 26.7 Å². The van der Waals surface area contributed by atoms with Crippen molar-refractivity contribution in [1.29, 1.82) is 0 Å². The third-order valence-corrected chi connectivity index (χ3v) is 11.5. The van der Waals surface area contributed by atoms with Gasteiger partial charge in [0.2, 0.25) is 23.8 Å². The van der Waals surface area contributed by atoms with E-state index in [-0.39, 0.29) is 9.79 Å². The van der Waals surface area contributed by atoms with Crippen molar-refractivity contribution in [3.63, 3.8) is 0 Å². The van der Waals surface area contributed by atoms with E-state index in [0.29, 0.717) is 11.1 Å². The molecule has 184 valence electrons. The molecule has 0 fully saturated rings. The molecule has 4 nitrogen and oxygen atoms in total. The molecule has 0 radical (unpaired) electrons. The quantitative estimate of drug-likeness (QED) is 0.312. The van der Waals surface area contributed by atoms with Crippen LogP contribution in [0.15, 0.2) is 131 Å². The van der Waals surface area contributed by atoms with Crippen LogP contribution >= 0.6 is 0 Å². The van der Waals surface area contributed by atoms with Gasteiger partial charge in [-0.2, -0.15) is 0 Å². The lowest BCUT2D eigenvalue weighted by Gasteiger charge is -2.30. The van der Waals surface area contributed by atoms with Gasteiger partial charge in [0, 0.05) is 24.0 Å². The predicted octanol–water partition coefficient (Wildman–Crippen LogP) is 5.51. The van der Waals surface area contributed by atoms with Crippen LogP contribution in [0.25, 0.3) is 0 Å². The van der Waals surface area contributed by atoms with E-state index in [9.17, 15) is 16.8 Å². The van der Waals surface area contributed by atoms with Gasteiger partial charge in [-0.1, -0.05) is 96.5 Å². The zero-order chi connectivity index (χ0) is 26.2. The van der Waals surface area contributed by atoms with E-state index in [2.05, 4.69) is 23.7 Å². The molecule has 0 aliphatic carbocycles. The first-order chi connectivity index (χ1) is 17.9. The monoisotopic (exact) mass is 524 g/mol. The molecule has 0 amide bonds. The van der Waals surface area contributed by atoms with E-state index in [0.717, 1.165) is 0 Å². The minimum atomic E-state index is -4.47. The fourth-order valence-electron chi connectivity index (χ4n) is 3.82. The molecular formula is C31H24O4S2. The Labute approximate surface area is 218 Å². The van der Waals surface area contributed by atoms with Crippen LogP contribution in [0.1, 0.15) is 24.0 Å². The zero-order valence-electron chi connectivity index (χ0n) is 19.9. The average molecular weight is 525 g/mol. The molecule has 0 spiro atoms. The van der Waals surface area contributed by atoms with Crippen molar-refractivity contribution in [1.82, 2.24) is 0 Å². The Morgan fingerprint density at radius 2 is 0.757 bits per heavy atom. The topological polar surface area (TPSA) is 68.3 Å². The Hall–Kier alpha value is -4.10. The lowest BCUT2D eigenvalue weighted by molar-refractivity contribution is 0.540. The standard InChI is InChI=1S/C31H24O4S2/c32-36(33,29-21-9-3-10-22-29)31(25-13-19-27-15-5-1-6-16-27,26-14-20-28-17-7-2-8-18-28)37(34,35)30-23-11-4-12-24-30/h1-12,15-18,21-24H,25-26H2. The van der Waals surface area contributed by atoms with Crippen molar-refractivity contribution in [3.05, 3.63) is 132 Å². The fraction of sp³-hybridized carbons (Fsp3) is 0.0968. The summed E-state index contributed by atoms with van der Waals surface area (Å²) in [5.41, 5.74) is 1.31. The van der Waals surface area contributed by atoms with Gasteiger partial charge in [0.05, 0.1) is 9.79 Å². The van der Waals surface area contributed by atoms with Crippen LogP contribution in [-0.2, 0) is 19.7 Å². The van der Waals surface area contributed by atoms with Crippen LogP contribution in [0.3, 0.4) is 0 Å². The second-order valence-corrected chi connectivity index (χ2v) is 13.0. The molecular weight excluding hydrogens is 500 g/mol. The maximum atomic E-state index is 14.2. The summed E-state index contributed by atoms with van der Waals surface area (Å²) < 4.78 is 54.6. The molecule has 6 heteroatoms. The fourth-order valence-corrected chi connectivity index (χ4v) is 8.49. The highest BCUT2D eigenvalue weighted by Gasteiger charge is 2.55. The Bertz CT molecular complexity index is 1540. The van der Waals surface area contributed by atoms with E-state index >= 15 is 0 Å². The van der Waals surface area contributed by atoms with Crippen LogP contribution in [0.4, 0.5) is 0 Å². The summed E-state index contributed by atoms with van der Waals surface area (Å²) in [4.78, 5) is -0.199. The molecule has 4 aromatic carbocycles. The maximum Gasteiger partial charge on any atom is 0.203 e. The zero-order valence-corrected chi connectivity index (χ0v) is 21.5. The SMILES string of the molecule is O=S(=O)(c1ccccc1)C(CC#Cc1ccccc1)(CC#Cc1ccccc1)S(=O)(=O)c1ccccc1. The largest absolute Gasteiger partial charge is 0.222 e. The van der Waals surface area contributed by atoms with Gasteiger partial charge in [0.1, 0.15) is 0 Å².